The summed E-state index contributed by atoms with van der Waals surface area (Å²) in [6.07, 6.45) is 3.87. The predicted octanol–water partition coefficient (Wildman–Crippen LogP) is 2.13. The Morgan fingerprint density at radius 3 is 2.94 bits per heavy atom. The van der Waals surface area contributed by atoms with E-state index in [4.69, 9.17) is 4.42 Å². The van der Waals surface area contributed by atoms with Crippen LogP contribution in [0.5, 0.6) is 0 Å². The standard InChI is InChI=1S/C13H20N2O2.ClH/c1-10-4-7-17-11(10)12(16)15-9-13(2)5-3-6-14-8-13;/h4,7,14H,3,5-6,8-9H2,1-2H3,(H,15,16);1H. The molecule has 0 bridgehead atoms. The number of carbonyl (C=O) groups is 1. The van der Waals surface area contributed by atoms with Crippen molar-refractivity contribution in [2.75, 3.05) is 19.6 Å². The largest absolute Gasteiger partial charge is 0.459 e. The molecule has 0 spiro atoms. The van der Waals surface area contributed by atoms with Gasteiger partial charge in [-0.3, -0.25) is 4.79 Å². The number of furan rings is 1. The van der Waals surface area contributed by atoms with Crippen molar-refractivity contribution in [1.29, 1.82) is 0 Å². The molecule has 0 aliphatic carbocycles. The average molecular weight is 273 g/mol. The van der Waals surface area contributed by atoms with Crippen LogP contribution in [0.4, 0.5) is 0 Å². The van der Waals surface area contributed by atoms with Crippen LogP contribution in [0, 0.1) is 12.3 Å². The summed E-state index contributed by atoms with van der Waals surface area (Å²) in [5.74, 6) is 0.316. The van der Waals surface area contributed by atoms with Crippen LogP contribution < -0.4 is 10.6 Å². The molecule has 1 aromatic rings. The summed E-state index contributed by atoms with van der Waals surface area (Å²) in [7, 11) is 0. The highest BCUT2D eigenvalue weighted by Crippen LogP contribution is 2.24. The lowest BCUT2D eigenvalue weighted by Gasteiger charge is -2.34. The number of amides is 1. The first-order valence-corrected chi connectivity index (χ1v) is 6.14. The number of hydrogen-bond donors (Lipinski definition) is 2. The van der Waals surface area contributed by atoms with Crippen LogP contribution in [0.15, 0.2) is 16.7 Å². The van der Waals surface area contributed by atoms with Crippen molar-refractivity contribution in [2.24, 2.45) is 5.41 Å². The third kappa shape index (κ3) is 3.50. The summed E-state index contributed by atoms with van der Waals surface area (Å²) in [4.78, 5) is 11.9. The minimum Gasteiger partial charge on any atom is -0.459 e. The monoisotopic (exact) mass is 272 g/mol. The van der Waals surface area contributed by atoms with Gasteiger partial charge in [0.1, 0.15) is 0 Å². The normalized spacial score (nSPS) is 23.2. The molecule has 1 aliphatic heterocycles. The number of nitrogens with one attached hydrogen (secondary N) is 2. The van der Waals surface area contributed by atoms with E-state index in [2.05, 4.69) is 17.6 Å². The van der Waals surface area contributed by atoms with Crippen molar-refractivity contribution in [3.05, 3.63) is 23.7 Å². The third-order valence-electron chi connectivity index (χ3n) is 3.43. The Bertz CT molecular complexity index is 397. The van der Waals surface area contributed by atoms with Gasteiger partial charge in [-0.05, 0) is 37.8 Å². The molecule has 1 amide bonds. The Kier molecular flexibility index (Phi) is 5.23. The first-order valence-electron chi connectivity index (χ1n) is 6.14. The molecule has 1 fully saturated rings. The Hall–Kier alpha value is -1.00. The van der Waals surface area contributed by atoms with Crippen molar-refractivity contribution in [1.82, 2.24) is 10.6 Å². The molecule has 1 unspecified atom stereocenters. The number of carbonyl (C=O) groups excluding carboxylic acids is 1. The maximum absolute atomic E-state index is 11.9. The molecule has 0 saturated carbocycles. The fraction of sp³-hybridized carbons (Fsp3) is 0.615. The number of rotatable bonds is 3. The van der Waals surface area contributed by atoms with Crippen molar-refractivity contribution >= 4 is 18.3 Å². The van der Waals surface area contributed by atoms with E-state index >= 15 is 0 Å². The molecular weight excluding hydrogens is 252 g/mol. The van der Waals surface area contributed by atoms with E-state index in [0.717, 1.165) is 25.1 Å². The predicted molar refractivity (Wildman–Crippen MR) is 73.2 cm³/mol. The van der Waals surface area contributed by atoms with Gasteiger partial charge in [0.25, 0.3) is 5.91 Å². The molecule has 0 radical (unpaired) electrons. The first kappa shape index (κ1) is 15.1. The van der Waals surface area contributed by atoms with Crippen LogP contribution in [-0.4, -0.2) is 25.5 Å². The molecule has 1 aliphatic rings. The summed E-state index contributed by atoms with van der Waals surface area (Å²) in [6.45, 7) is 6.82. The molecule has 2 N–H and O–H groups in total. The van der Waals surface area contributed by atoms with Gasteiger partial charge in [-0.25, -0.2) is 0 Å². The zero-order valence-electron chi connectivity index (χ0n) is 10.9. The lowest BCUT2D eigenvalue weighted by Crippen LogP contribution is -2.45. The van der Waals surface area contributed by atoms with Gasteiger partial charge >= 0.3 is 0 Å². The average Bonchev–Trinajstić information content (AvgIpc) is 2.74. The molecule has 0 aromatic carbocycles. The van der Waals surface area contributed by atoms with Gasteiger partial charge in [0.2, 0.25) is 0 Å². The van der Waals surface area contributed by atoms with Gasteiger partial charge in [-0.1, -0.05) is 6.92 Å². The number of halogens is 1. The number of piperidine rings is 1. The summed E-state index contributed by atoms with van der Waals surface area (Å²) < 4.78 is 5.17. The highest BCUT2D eigenvalue weighted by molar-refractivity contribution is 5.92. The second-order valence-corrected chi connectivity index (χ2v) is 5.21. The van der Waals surface area contributed by atoms with E-state index in [1.807, 2.05) is 6.92 Å². The minimum atomic E-state index is -0.112. The van der Waals surface area contributed by atoms with Crippen LogP contribution in [0.25, 0.3) is 0 Å². The van der Waals surface area contributed by atoms with Crippen LogP contribution in [0.2, 0.25) is 0 Å². The van der Waals surface area contributed by atoms with Crippen molar-refractivity contribution in [3.8, 4) is 0 Å². The van der Waals surface area contributed by atoms with Crippen LogP contribution in [-0.2, 0) is 0 Å². The zero-order chi connectivity index (χ0) is 12.3. The second-order valence-electron chi connectivity index (χ2n) is 5.21. The third-order valence-corrected chi connectivity index (χ3v) is 3.43. The lowest BCUT2D eigenvalue weighted by atomic mass is 9.83. The molecule has 18 heavy (non-hydrogen) atoms. The van der Waals surface area contributed by atoms with Crippen molar-refractivity contribution in [2.45, 2.75) is 26.7 Å². The summed E-state index contributed by atoms with van der Waals surface area (Å²) >= 11 is 0. The lowest BCUT2D eigenvalue weighted by molar-refractivity contribution is 0.0896. The van der Waals surface area contributed by atoms with Gasteiger partial charge < -0.3 is 15.1 Å². The van der Waals surface area contributed by atoms with E-state index in [1.54, 1.807) is 12.3 Å². The molecule has 1 aromatic heterocycles. The maximum atomic E-state index is 11.9. The van der Waals surface area contributed by atoms with E-state index in [-0.39, 0.29) is 23.7 Å². The summed E-state index contributed by atoms with van der Waals surface area (Å²) in [6, 6.07) is 1.80. The van der Waals surface area contributed by atoms with Gasteiger partial charge in [0.15, 0.2) is 5.76 Å². The number of aryl methyl sites for hydroxylation is 1. The van der Waals surface area contributed by atoms with Crippen molar-refractivity contribution in [3.63, 3.8) is 0 Å². The molecular formula is C13H21ClN2O2. The second kappa shape index (κ2) is 6.25. The molecule has 2 rings (SSSR count). The highest BCUT2D eigenvalue weighted by Gasteiger charge is 2.27. The molecule has 4 nitrogen and oxygen atoms in total. The van der Waals surface area contributed by atoms with Gasteiger partial charge in [0.05, 0.1) is 6.26 Å². The molecule has 102 valence electrons. The Morgan fingerprint density at radius 2 is 2.39 bits per heavy atom. The SMILES string of the molecule is Cc1ccoc1C(=O)NCC1(C)CCCNC1.Cl. The quantitative estimate of drug-likeness (QED) is 0.886. The van der Waals surface area contributed by atoms with E-state index in [1.165, 1.54) is 6.42 Å². The van der Waals surface area contributed by atoms with Gasteiger partial charge in [-0.2, -0.15) is 0 Å². The van der Waals surface area contributed by atoms with E-state index in [0.29, 0.717) is 12.3 Å². The molecule has 1 saturated heterocycles. The Labute approximate surface area is 114 Å². The van der Waals surface area contributed by atoms with Crippen LogP contribution in [0.3, 0.4) is 0 Å². The van der Waals surface area contributed by atoms with Crippen LogP contribution >= 0.6 is 12.4 Å². The highest BCUT2D eigenvalue weighted by atomic mass is 35.5. The Morgan fingerprint density at radius 1 is 1.61 bits per heavy atom. The summed E-state index contributed by atoms with van der Waals surface area (Å²) in [5, 5.41) is 6.33. The fourth-order valence-corrected chi connectivity index (χ4v) is 2.25. The molecule has 5 heteroatoms. The molecule has 1 atom stereocenters. The van der Waals surface area contributed by atoms with E-state index < -0.39 is 0 Å². The first-order chi connectivity index (χ1) is 8.11. The zero-order valence-corrected chi connectivity index (χ0v) is 11.7. The van der Waals surface area contributed by atoms with Crippen molar-refractivity contribution < 1.29 is 9.21 Å². The maximum Gasteiger partial charge on any atom is 0.287 e. The Balaban J connectivity index is 0.00000162. The van der Waals surface area contributed by atoms with Gasteiger partial charge in [0, 0.05) is 18.7 Å². The minimum absolute atomic E-state index is 0. The van der Waals surface area contributed by atoms with Crippen LogP contribution in [0.1, 0.15) is 35.9 Å². The topological polar surface area (TPSA) is 54.3 Å². The van der Waals surface area contributed by atoms with Gasteiger partial charge in [-0.15, -0.1) is 12.4 Å². The number of hydrogen-bond acceptors (Lipinski definition) is 3. The molecule has 2 heterocycles. The van der Waals surface area contributed by atoms with E-state index in [9.17, 15) is 4.79 Å². The smallest absolute Gasteiger partial charge is 0.287 e. The fourth-order valence-electron chi connectivity index (χ4n) is 2.25. The summed E-state index contributed by atoms with van der Waals surface area (Å²) in [5.41, 5.74) is 1.04.